The van der Waals surface area contributed by atoms with Crippen molar-refractivity contribution in [2.24, 2.45) is 0 Å². The first-order valence-electron chi connectivity index (χ1n) is 17.5. The number of allylic oxidation sites excluding steroid dienone is 1. The summed E-state index contributed by atoms with van der Waals surface area (Å²) in [7, 11) is 0. The van der Waals surface area contributed by atoms with E-state index in [1.807, 2.05) is 0 Å². The van der Waals surface area contributed by atoms with E-state index in [2.05, 4.69) is 24.1 Å². The minimum absolute atomic E-state index is 0.239. The summed E-state index contributed by atoms with van der Waals surface area (Å²) in [4.78, 5) is 2.23. The van der Waals surface area contributed by atoms with Gasteiger partial charge in [-0.1, -0.05) is 167 Å². The van der Waals surface area contributed by atoms with Crippen LogP contribution in [-0.4, -0.2) is 41.4 Å². The maximum atomic E-state index is 9.01. The fourth-order valence-corrected chi connectivity index (χ4v) is 5.43. The van der Waals surface area contributed by atoms with Gasteiger partial charge in [-0.3, -0.25) is 0 Å². The van der Waals surface area contributed by atoms with Gasteiger partial charge in [-0.05, 0) is 31.9 Å². The van der Waals surface area contributed by atoms with Crippen molar-refractivity contribution in [3.05, 3.63) is 12.3 Å². The monoisotopic (exact) mass is 538 g/mol. The Labute approximate surface area is 240 Å². The van der Waals surface area contributed by atoms with Crippen molar-refractivity contribution in [1.29, 1.82) is 0 Å². The Bertz CT molecular complexity index is 432. The van der Waals surface area contributed by atoms with Crippen LogP contribution < -0.4 is 0 Å². The van der Waals surface area contributed by atoms with E-state index in [4.69, 9.17) is 10.2 Å². The molecule has 2 N–H and O–H groups in total. The second-order valence-electron chi connectivity index (χ2n) is 11.8. The molecule has 0 radical (unpaired) electrons. The topological polar surface area (TPSA) is 43.7 Å². The summed E-state index contributed by atoms with van der Waals surface area (Å²) < 4.78 is 0. The maximum absolute atomic E-state index is 9.01. The lowest BCUT2D eigenvalue weighted by molar-refractivity contribution is 0.236. The largest absolute Gasteiger partial charge is 0.396 e. The van der Waals surface area contributed by atoms with Gasteiger partial charge < -0.3 is 15.1 Å². The molecule has 0 unspecified atom stereocenters. The van der Waals surface area contributed by atoms with Crippen molar-refractivity contribution in [2.75, 3.05) is 26.3 Å². The summed E-state index contributed by atoms with van der Waals surface area (Å²) >= 11 is 0. The fourth-order valence-electron chi connectivity index (χ4n) is 5.43. The molecule has 0 saturated carbocycles. The molecular weight excluding hydrogens is 466 g/mol. The van der Waals surface area contributed by atoms with Crippen LogP contribution in [0.4, 0.5) is 0 Å². The van der Waals surface area contributed by atoms with Gasteiger partial charge in [0.25, 0.3) is 0 Å². The third-order valence-corrected chi connectivity index (χ3v) is 8.00. The number of aliphatic hydroxyl groups excluding tert-OH is 2. The molecular formula is C35H71NO2. The second-order valence-corrected chi connectivity index (χ2v) is 11.8. The number of nitrogens with zero attached hydrogens (tertiary/aromatic N) is 1. The highest BCUT2D eigenvalue weighted by Crippen LogP contribution is 2.16. The average molecular weight is 538 g/mol. The second kappa shape index (κ2) is 34.5. The summed E-state index contributed by atoms with van der Waals surface area (Å²) in [6, 6.07) is 0. The van der Waals surface area contributed by atoms with Crippen LogP contribution in [0, 0.1) is 0 Å². The van der Waals surface area contributed by atoms with Gasteiger partial charge in [0.1, 0.15) is 0 Å². The highest BCUT2D eigenvalue weighted by molar-refractivity contribution is 4.82. The van der Waals surface area contributed by atoms with Crippen molar-refractivity contribution in [3.63, 3.8) is 0 Å². The lowest BCUT2D eigenvalue weighted by atomic mass is 10.0. The molecule has 0 heterocycles. The predicted octanol–water partition coefficient (Wildman–Crippen LogP) is 10.7. The van der Waals surface area contributed by atoms with E-state index in [1.54, 1.807) is 0 Å². The molecule has 3 heteroatoms. The Morgan fingerprint density at radius 3 is 0.974 bits per heavy atom. The summed E-state index contributed by atoms with van der Waals surface area (Å²) in [6.45, 7) is 4.54. The van der Waals surface area contributed by atoms with Gasteiger partial charge in [0.05, 0.1) is 0 Å². The van der Waals surface area contributed by atoms with Gasteiger partial charge in [-0.15, -0.1) is 0 Å². The molecule has 38 heavy (non-hydrogen) atoms. The highest BCUT2D eigenvalue weighted by Gasteiger charge is 1.99. The summed E-state index contributed by atoms with van der Waals surface area (Å²) in [5, 5.41) is 18.0. The van der Waals surface area contributed by atoms with Crippen LogP contribution in [-0.2, 0) is 0 Å². The van der Waals surface area contributed by atoms with E-state index < -0.39 is 0 Å². The van der Waals surface area contributed by atoms with Crippen molar-refractivity contribution in [2.45, 2.75) is 187 Å². The van der Waals surface area contributed by atoms with E-state index in [9.17, 15) is 0 Å². The zero-order chi connectivity index (χ0) is 27.6. The smallest absolute Gasteiger partial charge is 0.0447 e. The van der Waals surface area contributed by atoms with E-state index in [1.165, 1.54) is 161 Å². The SMILES string of the molecule is CCCCCCCCCCCCCCCCCCCCCCCCCCCC=CN(CCCO)CCCO. The van der Waals surface area contributed by atoms with Crippen LogP contribution in [0.5, 0.6) is 0 Å². The molecule has 3 nitrogen and oxygen atoms in total. The lowest BCUT2D eigenvalue weighted by Gasteiger charge is -2.19. The van der Waals surface area contributed by atoms with Crippen LogP contribution in [0.25, 0.3) is 0 Å². The molecule has 0 aromatic heterocycles. The van der Waals surface area contributed by atoms with Gasteiger partial charge in [0.15, 0.2) is 0 Å². The van der Waals surface area contributed by atoms with Crippen molar-refractivity contribution >= 4 is 0 Å². The normalized spacial score (nSPS) is 11.7. The molecule has 0 aliphatic rings. The molecule has 0 aromatic carbocycles. The molecule has 0 rings (SSSR count). The van der Waals surface area contributed by atoms with Gasteiger partial charge in [0, 0.05) is 26.3 Å². The highest BCUT2D eigenvalue weighted by atomic mass is 16.3. The van der Waals surface area contributed by atoms with Crippen molar-refractivity contribution < 1.29 is 10.2 Å². The average Bonchev–Trinajstić information content (AvgIpc) is 2.93. The zero-order valence-electron chi connectivity index (χ0n) is 26.1. The van der Waals surface area contributed by atoms with Gasteiger partial charge in [-0.25, -0.2) is 0 Å². The summed E-state index contributed by atoms with van der Waals surface area (Å²) in [5.41, 5.74) is 0. The number of aliphatic hydroxyl groups is 2. The Hall–Kier alpha value is -0.540. The number of unbranched alkanes of at least 4 members (excludes halogenated alkanes) is 25. The molecule has 0 aromatic rings. The van der Waals surface area contributed by atoms with Crippen molar-refractivity contribution in [3.8, 4) is 0 Å². The molecule has 0 fully saturated rings. The number of hydrogen-bond acceptors (Lipinski definition) is 3. The number of rotatable bonds is 33. The van der Waals surface area contributed by atoms with Crippen LogP contribution in [0.2, 0.25) is 0 Å². The standard InChI is InChI=1S/C35H71NO2/c1-2-3-4-5-6-7-8-9-10-11-12-13-14-15-16-17-18-19-20-21-22-23-24-25-26-27-28-31-36(32-29-34-37)33-30-35-38/h28,31,37-38H,2-27,29-30,32-35H2,1H3. The minimum Gasteiger partial charge on any atom is -0.396 e. The first kappa shape index (κ1) is 37.5. The summed E-state index contributed by atoms with van der Waals surface area (Å²) in [6.07, 6.45) is 43.2. The molecule has 0 saturated heterocycles. The van der Waals surface area contributed by atoms with Crippen molar-refractivity contribution in [1.82, 2.24) is 4.90 Å². The van der Waals surface area contributed by atoms with Crippen LogP contribution in [0.15, 0.2) is 12.3 Å². The maximum Gasteiger partial charge on any atom is 0.0447 e. The first-order valence-corrected chi connectivity index (χ1v) is 17.5. The molecule has 0 bridgehead atoms. The van der Waals surface area contributed by atoms with E-state index in [0.717, 1.165) is 32.4 Å². The summed E-state index contributed by atoms with van der Waals surface area (Å²) in [5.74, 6) is 0. The predicted molar refractivity (Wildman–Crippen MR) is 170 cm³/mol. The molecule has 0 atom stereocenters. The van der Waals surface area contributed by atoms with Crippen LogP contribution in [0.1, 0.15) is 187 Å². The van der Waals surface area contributed by atoms with Crippen LogP contribution in [0.3, 0.4) is 0 Å². The lowest BCUT2D eigenvalue weighted by Crippen LogP contribution is -2.21. The van der Waals surface area contributed by atoms with Gasteiger partial charge >= 0.3 is 0 Å². The van der Waals surface area contributed by atoms with Gasteiger partial charge in [0.2, 0.25) is 0 Å². The third-order valence-electron chi connectivity index (χ3n) is 8.00. The van der Waals surface area contributed by atoms with E-state index in [-0.39, 0.29) is 13.2 Å². The Morgan fingerprint density at radius 2 is 0.684 bits per heavy atom. The quantitative estimate of drug-likeness (QED) is 0.0818. The molecule has 228 valence electrons. The minimum atomic E-state index is 0.239. The third kappa shape index (κ3) is 31.7. The van der Waals surface area contributed by atoms with E-state index >= 15 is 0 Å². The first-order chi connectivity index (χ1) is 18.8. The molecule has 0 amide bonds. The Kier molecular flexibility index (Phi) is 34.0. The van der Waals surface area contributed by atoms with Gasteiger partial charge in [-0.2, -0.15) is 0 Å². The fraction of sp³-hybridized carbons (Fsp3) is 0.943. The number of hydrogen-bond donors (Lipinski definition) is 2. The molecule has 0 aliphatic carbocycles. The zero-order valence-corrected chi connectivity index (χ0v) is 26.1. The molecule has 0 aliphatic heterocycles. The van der Waals surface area contributed by atoms with E-state index in [0.29, 0.717) is 0 Å². The van der Waals surface area contributed by atoms with Crippen LogP contribution >= 0.6 is 0 Å². The Morgan fingerprint density at radius 1 is 0.395 bits per heavy atom. The Balaban J connectivity index is 3.21. The molecule has 0 spiro atoms.